The number of piperidine rings is 2. The number of ether oxygens (including phenoxy) is 1. The van der Waals surface area contributed by atoms with Gasteiger partial charge in [-0.15, -0.1) is 0 Å². The van der Waals surface area contributed by atoms with Crippen molar-refractivity contribution in [1.29, 1.82) is 0 Å². The number of hydrogen-bond acceptors (Lipinski definition) is 8. The van der Waals surface area contributed by atoms with Crippen LogP contribution in [0.4, 0.5) is 0 Å². The fourth-order valence-electron chi connectivity index (χ4n) is 5.66. The van der Waals surface area contributed by atoms with Crippen molar-refractivity contribution in [2.45, 2.75) is 76.1 Å². The standard InChI is InChI=1S/C21H40N6O3/c1-15(28)26-11-6-17(7-12-26)27-10-3-4-18(27)21-24-20(25-30-21)16-5-8-22-19(14-16)23-9-13-29-2/h16-25H,3-14H2,1-2H3. The highest BCUT2D eigenvalue weighted by molar-refractivity contribution is 5.73. The molecule has 0 aromatic rings. The molecular weight excluding hydrogens is 384 g/mol. The van der Waals surface area contributed by atoms with E-state index in [1.807, 2.05) is 4.90 Å². The van der Waals surface area contributed by atoms with Crippen LogP contribution >= 0.6 is 0 Å². The van der Waals surface area contributed by atoms with Gasteiger partial charge in [0.1, 0.15) is 6.23 Å². The van der Waals surface area contributed by atoms with E-state index in [0.29, 0.717) is 24.2 Å². The Morgan fingerprint density at radius 1 is 1.20 bits per heavy atom. The van der Waals surface area contributed by atoms with Crippen LogP contribution in [0, 0.1) is 5.92 Å². The monoisotopic (exact) mass is 424 g/mol. The van der Waals surface area contributed by atoms with E-state index in [2.05, 4.69) is 26.3 Å². The molecule has 4 rings (SSSR count). The first-order valence-corrected chi connectivity index (χ1v) is 11.8. The van der Waals surface area contributed by atoms with Gasteiger partial charge in [0.15, 0.2) is 0 Å². The van der Waals surface area contributed by atoms with Crippen molar-refractivity contribution in [2.24, 2.45) is 5.92 Å². The highest BCUT2D eigenvalue weighted by Gasteiger charge is 2.43. The van der Waals surface area contributed by atoms with E-state index in [0.717, 1.165) is 65.0 Å². The summed E-state index contributed by atoms with van der Waals surface area (Å²) in [5.74, 6) is 0.737. The van der Waals surface area contributed by atoms with Gasteiger partial charge in [-0.05, 0) is 57.5 Å². The molecule has 5 atom stereocenters. The van der Waals surface area contributed by atoms with Crippen molar-refractivity contribution in [3.63, 3.8) is 0 Å². The van der Waals surface area contributed by atoms with Crippen LogP contribution in [-0.4, -0.2) is 92.8 Å². The lowest BCUT2D eigenvalue weighted by molar-refractivity contribution is -0.130. The van der Waals surface area contributed by atoms with E-state index in [-0.39, 0.29) is 18.3 Å². The maximum Gasteiger partial charge on any atom is 0.219 e. The Morgan fingerprint density at radius 2 is 2.03 bits per heavy atom. The Hall–Kier alpha value is -0.810. The maximum atomic E-state index is 11.6. The highest BCUT2D eigenvalue weighted by Crippen LogP contribution is 2.30. The third-order valence-corrected chi connectivity index (χ3v) is 7.35. The Kier molecular flexibility index (Phi) is 7.96. The number of nitrogens with zero attached hydrogens (tertiary/aromatic N) is 2. The second-order valence-electron chi connectivity index (χ2n) is 9.22. The van der Waals surface area contributed by atoms with Gasteiger partial charge in [-0.25, -0.2) is 0 Å². The molecule has 0 spiro atoms. The van der Waals surface area contributed by atoms with Crippen LogP contribution in [0.1, 0.15) is 45.4 Å². The average molecular weight is 425 g/mol. The summed E-state index contributed by atoms with van der Waals surface area (Å²) >= 11 is 0. The number of nitrogens with one attached hydrogen (secondary N) is 4. The minimum absolute atomic E-state index is 0.0399. The molecule has 0 saturated carbocycles. The van der Waals surface area contributed by atoms with Crippen LogP contribution in [-0.2, 0) is 14.4 Å². The molecule has 0 bridgehead atoms. The molecule has 9 nitrogen and oxygen atoms in total. The largest absolute Gasteiger partial charge is 0.383 e. The van der Waals surface area contributed by atoms with Crippen LogP contribution in [0.15, 0.2) is 0 Å². The van der Waals surface area contributed by atoms with Crippen LogP contribution in [0.3, 0.4) is 0 Å². The number of carbonyl (C=O) groups excluding carboxylic acids is 1. The van der Waals surface area contributed by atoms with Crippen LogP contribution < -0.4 is 21.4 Å². The zero-order valence-electron chi connectivity index (χ0n) is 18.6. The third-order valence-electron chi connectivity index (χ3n) is 7.35. The van der Waals surface area contributed by atoms with Gasteiger partial charge < -0.3 is 15.0 Å². The van der Waals surface area contributed by atoms with E-state index >= 15 is 0 Å². The minimum atomic E-state index is 0.0399. The number of amides is 1. The molecule has 0 radical (unpaired) electrons. The van der Waals surface area contributed by atoms with Crippen LogP contribution in [0.25, 0.3) is 0 Å². The van der Waals surface area contributed by atoms with Crippen molar-refractivity contribution >= 4 is 5.91 Å². The number of methoxy groups -OCH3 is 1. The molecule has 172 valence electrons. The lowest BCUT2D eigenvalue weighted by Gasteiger charge is -2.40. The van der Waals surface area contributed by atoms with Gasteiger partial charge in [0.05, 0.1) is 25.0 Å². The summed E-state index contributed by atoms with van der Waals surface area (Å²) in [6, 6.07) is 0.972. The lowest BCUT2D eigenvalue weighted by Crippen LogP contribution is -2.55. The summed E-state index contributed by atoms with van der Waals surface area (Å²) in [7, 11) is 1.74. The summed E-state index contributed by atoms with van der Waals surface area (Å²) < 4.78 is 5.15. The van der Waals surface area contributed by atoms with Gasteiger partial charge in [-0.1, -0.05) is 0 Å². The fraction of sp³-hybridized carbons (Fsp3) is 0.952. The first-order valence-electron chi connectivity index (χ1n) is 11.8. The Balaban J connectivity index is 1.27. The van der Waals surface area contributed by atoms with Gasteiger partial charge in [0, 0.05) is 39.7 Å². The Morgan fingerprint density at radius 3 is 2.80 bits per heavy atom. The molecule has 4 N–H and O–H groups in total. The van der Waals surface area contributed by atoms with Crippen molar-refractivity contribution < 1.29 is 14.4 Å². The lowest BCUT2D eigenvalue weighted by atomic mass is 9.92. The molecule has 1 amide bonds. The first kappa shape index (κ1) is 22.4. The molecule has 4 saturated heterocycles. The van der Waals surface area contributed by atoms with E-state index in [1.54, 1.807) is 14.0 Å². The summed E-state index contributed by atoms with van der Waals surface area (Å²) in [6.45, 7) is 7.21. The summed E-state index contributed by atoms with van der Waals surface area (Å²) in [4.78, 5) is 22.4. The number of carbonyl (C=O) groups is 1. The van der Waals surface area contributed by atoms with Gasteiger partial charge in [0.25, 0.3) is 0 Å². The Bertz CT molecular complexity index is 559. The third kappa shape index (κ3) is 5.32. The second kappa shape index (κ2) is 10.7. The van der Waals surface area contributed by atoms with Gasteiger partial charge in [-0.2, -0.15) is 5.48 Å². The molecule has 9 heteroatoms. The molecule has 5 unspecified atom stereocenters. The zero-order chi connectivity index (χ0) is 20.9. The summed E-state index contributed by atoms with van der Waals surface area (Å²) in [5.41, 5.74) is 3.32. The predicted octanol–water partition coefficient (Wildman–Crippen LogP) is -0.200. The molecule has 4 aliphatic heterocycles. The summed E-state index contributed by atoms with van der Waals surface area (Å²) in [6.07, 6.45) is 7.32. The summed E-state index contributed by atoms with van der Waals surface area (Å²) in [5, 5.41) is 10.9. The van der Waals surface area contributed by atoms with Gasteiger partial charge in [-0.3, -0.25) is 25.2 Å². The molecule has 4 fully saturated rings. The van der Waals surface area contributed by atoms with Crippen LogP contribution in [0.5, 0.6) is 0 Å². The minimum Gasteiger partial charge on any atom is -0.383 e. The molecule has 0 aliphatic carbocycles. The second-order valence-corrected chi connectivity index (χ2v) is 9.22. The van der Waals surface area contributed by atoms with E-state index in [1.165, 1.54) is 12.8 Å². The average Bonchev–Trinajstić information content (AvgIpc) is 3.44. The van der Waals surface area contributed by atoms with E-state index in [9.17, 15) is 4.79 Å². The van der Waals surface area contributed by atoms with Crippen molar-refractivity contribution in [3.8, 4) is 0 Å². The van der Waals surface area contributed by atoms with E-state index < -0.39 is 0 Å². The number of likely N-dealkylation sites (tertiary alicyclic amines) is 2. The van der Waals surface area contributed by atoms with Crippen molar-refractivity contribution in [1.82, 2.24) is 31.2 Å². The quantitative estimate of drug-likeness (QED) is 0.418. The first-order chi connectivity index (χ1) is 14.7. The molecule has 4 aliphatic rings. The molecule has 0 aromatic carbocycles. The topological polar surface area (TPSA) is 90.1 Å². The van der Waals surface area contributed by atoms with Crippen molar-refractivity contribution in [2.75, 3.05) is 46.4 Å². The fourth-order valence-corrected chi connectivity index (χ4v) is 5.66. The van der Waals surface area contributed by atoms with Gasteiger partial charge in [0.2, 0.25) is 5.91 Å². The SMILES string of the molecule is COCCNC1CC(C2NOC(C3CCCN3C3CCN(C(C)=O)CC3)N2)CCN1. The number of hydroxylamine groups is 1. The van der Waals surface area contributed by atoms with Gasteiger partial charge >= 0.3 is 0 Å². The predicted molar refractivity (Wildman–Crippen MR) is 114 cm³/mol. The molecule has 30 heavy (non-hydrogen) atoms. The highest BCUT2D eigenvalue weighted by atomic mass is 16.7. The smallest absolute Gasteiger partial charge is 0.219 e. The Labute approximate surface area is 180 Å². The number of rotatable bonds is 7. The normalized spacial score (nSPS) is 36.5. The zero-order valence-corrected chi connectivity index (χ0v) is 18.6. The van der Waals surface area contributed by atoms with Crippen molar-refractivity contribution in [3.05, 3.63) is 0 Å². The van der Waals surface area contributed by atoms with Crippen LogP contribution in [0.2, 0.25) is 0 Å². The molecule has 0 aromatic heterocycles. The van der Waals surface area contributed by atoms with E-state index in [4.69, 9.17) is 9.57 Å². The molecular formula is C21H40N6O3. The maximum absolute atomic E-state index is 11.6. The number of hydrogen-bond donors (Lipinski definition) is 4. The molecule has 4 heterocycles.